The maximum atomic E-state index is 12.9. The third-order valence-electron chi connectivity index (χ3n) is 4.31. The predicted octanol–water partition coefficient (Wildman–Crippen LogP) is 2.59. The number of alkyl carbamates (subject to hydrolysis) is 1. The second kappa shape index (κ2) is 7.43. The van der Waals surface area contributed by atoms with Crippen LogP contribution in [0.2, 0.25) is 0 Å². The van der Waals surface area contributed by atoms with Crippen molar-refractivity contribution >= 4 is 12.0 Å². The molecule has 7 heteroatoms. The molecule has 3 rings (SSSR count). The first-order chi connectivity index (χ1) is 12.3. The number of likely N-dealkylation sites (tertiary alicyclic amines) is 1. The highest BCUT2D eigenvalue weighted by atomic mass is 16.6. The Morgan fingerprint density at radius 3 is 2.69 bits per heavy atom. The summed E-state index contributed by atoms with van der Waals surface area (Å²) < 4.78 is 16.3. The van der Waals surface area contributed by atoms with Gasteiger partial charge in [0, 0.05) is 24.7 Å². The van der Waals surface area contributed by atoms with Crippen molar-refractivity contribution in [1.82, 2.24) is 10.2 Å². The summed E-state index contributed by atoms with van der Waals surface area (Å²) in [7, 11) is 0. The van der Waals surface area contributed by atoms with Crippen LogP contribution in [0.25, 0.3) is 0 Å². The lowest BCUT2D eigenvalue weighted by atomic mass is 10.1. The van der Waals surface area contributed by atoms with E-state index in [4.69, 9.17) is 14.2 Å². The van der Waals surface area contributed by atoms with Gasteiger partial charge in [-0.3, -0.25) is 4.79 Å². The SMILES string of the molecule is CC(C)(C)OC(=O)NC[C@H]1CCCN1C(=O)c1ccc2c(c1)OCCO2. The van der Waals surface area contributed by atoms with E-state index in [-0.39, 0.29) is 11.9 Å². The Morgan fingerprint density at radius 1 is 1.23 bits per heavy atom. The number of ether oxygens (including phenoxy) is 3. The second-order valence-electron chi connectivity index (χ2n) is 7.54. The number of hydrogen-bond donors (Lipinski definition) is 1. The van der Waals surface area contributed by atoms with E-state index in [1.165, 1.54) is 0 Å². The predicted molar refractivity (Wildman–Crippen MR) is 95.7 cm³/mol. The van der Waals surface area contributed by atoms with Gasteiger partial charge in [-0.2, -0.15) is 0 Å². The maximum Gasteiger partial charge on any atom is 0.407 e. The summed E-state index contributed by atoms with van der Waals surface area (Å²) in [6, 6.07) is 5.22. The van der Waals surface area contributed by atoms with Gasteiger partial charge in [-0.15, -0.1) is 0 Å². The first kappa shape index (κ1) is 18.4. The third-order valence-corrected chi connectivity index (χ3v) is 4.31. The van der Waals surface area contributed by atoms with E-state index in [1.54, 1.807) is 18.2 Å². The lowest BCUT2D eigenvalue weighted by Crippen LogP contribution is -2.44. The van der Waals surface area contributed by atoms with Crippen molar-refractivity contribution in [3.8, 4) is 11.5 Å². The minimum Gasteiger partial charge on any atom is -0.486 e. The molecule has 0 aromatic heterocycles. The van der Waals surface area contributed by atoms with Crippen molar-refractivity contribution in [2.45, 2.75) is 45.3 Å². The molecule has 0 unspecified atom stereocenters. The lowest BCUT2D eigenvalue weighted by molar-refractivity contribution is 0.0501. The van der Waals surface area contributed by atoms with Gasteiger partial charge in [0.25, 0.3) is 5.91 Å². The molecular weight excluding hydrogens is 336 g/mol. The Morgan fingerprint density at radius 2 is 1.96 bits per heavy atom. The molecule has 2 aliphatic rings. The summed E-state index contributed by atoms with van der Waals surface area (Å²) in [6.45, 7) is 7.51. The van der Waals surface area contributed by atoms with E-state index in [0.29, 0.717) is 43.4 Å². The summed E-state index contributed by atoms with van der Waals surface area (Å²) in [6.07, 6.45) is 1.30. The molecule has 0 spiro atoms. The van der Waals surface area contributed by atoms with Crippen LogP contribution >= 0.6 is 0 Å². The number of fused-ring (bicyclic) bond motifs is 1. The Labute approximate surface area is 153 Å². The quantitative estimate of drug-likeness (QED) is 0.894. The molecule has 0 aliphatic carbocycles. The number of benzene rings is 1. The smallest absolute Gasteiger partial charge is 0.407 e. The highest BCUT2D eigenvalue weighted by molar-refractivity contribution is 5.95. The van der Waals surface area contributed by atoms with Crippen molar-refractivity contribution in [3.05, 3.63) is 23.8 Å². The van der Waals surface area contributed by atoms with Crippen molar-refractivity contribution in [1.29, 1.82) is 0 Å². The van der Waals surface area contributed by atoms with E-state index in [1.807, 2.05) is 25.7 Å². The summed E-state index contributed by atoms with van der Waals surface area (Å²) in [5.41, 5.74) is 0.0268. The fourth-order valence-electron chi connectivity index (χ4n) is 3.17. The number of hydrogen-bond acceptors (Lipinski definition) is 5. The molecular formula is C19H26N2O5. The summed E-state index contributed by atoms with van der Waals surface area (Å²) >= 11 is 0. The zero-order chi connectivity index (χ0) is 18.7. The molecule has 2 aliphatic heterocycles. The van der Waals surface area contributed by atoms with Crippen molar-refractivity contribution < 1.29 is 23.8 Å². The number of rotatable bonds is 3. The van der Waals surface area contributed by atoms with Crippen molar-refractivity contribution in [2.24, 2.45) is 0 Å². The molecule has 0 radical (unpaired) electrons. The maximum absolute atomic E-state index is 12.9. The number of nitrogens with one attached hydrogen (secondary N) is 1. The highest BCUT2D eigenvalue weighted by Gasteiger charge is 2.30. The minimum atomic E-state index is -0.541. The topological polar surface area (TPSA) is 77.1 Å². The van der Waals surface area contributed by atoms with Crippen molar-refractivity contribution in [3.63, 3.8) is 0 Å². The molecule has 1 saturated heterocycles. The van der Waals surface area contributed by atoms with Gasteiger partial charge >= 0.3 is 6.09 Å². The third kappa shape index (κ3) is 4.39. The zero-order valence-corrected chi connectivity index (χ0v) is 15.5. The molecule has 7 nitrogen and oxygen atoms in total. The number of nitrogens with zero attached hydrogens (tertiary/aromatic N) is 1. The van der Waals surface area contributed by atoms with E-state index < -0.39 is 11.7 Å². The molecule has 2 heterocycles. The van der Waals surface area contributed by atoms with Crippen LogP contribution in [0.5, 0.6) is 11.5 Å². The van der Waals surface area contributed by atoms with Crippen LogP contribution in [0, 0.1) is 0 Å². The molecule has 1 atom stereocenters. The molecule has 1 aromatic carbocycles. The molecule has 142 valence electrons. The van der Waals surface area contributed by atoms with E-state index in [2.05, 4.69) is 5.32 Å². The zero-order valence-electron chi connectivity index (χ0n) is 15.5. The van der Waals surface area contributed by atoms with Gasteiger partial charge in [0.15, 0.2) is 11.5 Å². The Hall–Kier alpha value is -2.44. The van der Waals surface area contributed by atoms with Gasteiger partial charge in [-0.25, -0.2) is 4.79 Å². The fraction of sp³-hybridized carbons (Fsp3) is 0.579. The van der Waals surface area contributed by atoms with Crippen LogP contribution < -0.4 is 14.8 Å². The number of amides is 2. The van der Waals surface area contributed by atoms with Crippen LogP contribution in [0.1, 0.15) is 44.0 Å². The highest BCUT2D eigenvalue weighted by Crippen LogP contribution is 2.32. The van der Waals surface area contributed by atoms with Gasteiger partial charge in [-0.1, -0.05) is 0 Å². The van der Waals surface area contributed by atoms with E-state index in [9.17, 15) is 9.59 Å². The van der Waals surface area contributed by atoms with Gasteiger partial charge in [-0.05, 0) is 51.8 Å². The first-order valence-electron chi connectivity index (χ1n) is 9.01. The van der Waals surface area contributed by atoms with Gasteiger partial charge in [0.05, 0.1) is 0 Å². The Balaban J connectivity index is 1.62. The van der Waals surface area contributed by atoms with Gasteiger partial charge in [0.2, 0.25) is 0 Å². The minimum absolute atomic E-state index is 0.0387. The molecule has 0 saturated carbocycles. The number of carbonyl (C=O) groups excluding carboxylic acids is 2. The average Bonchev–Trinajstić information content (AvgIpc) is 3.06. The van der Waals surface area contributed by atoms with Gasteiger partial charge in [0.1, 0.15) is 18.8 Å². The monoisotopic (exact) mass is 362 g/mol. The molecule has 2 amide bonds. The fourth-order valence-corrected chi connectivity index (χ4v) is 3.17. The van der Waals surface area contributed by atoms with Crippen LogP contribution in [0.15, 0.2) is 18.2 Å². The van der Waals surface area contributed by atoms with Crippen LogP contribution in [-0.2, 0) is 4.74 Å². The Kier molecular flexibility index (Phi) is 5.25. The normalized spacial score (nSPS) is 19.2. The van der Waals surface area contributed by atoms with Crippen LogP contribution in [0.3, 0.4) is 0 Å². The van der Waals surface area contributed by atoms with Gasteiger partial charge < -0.3 is 24.4 Å². The van der Waals surface area contributed by atoms with Crippen LogP contribution in [0.4, 0.5) is 4.79 Å². The largest absolute Gasteiger partial charge is 0.486 e. The van der Waals surface area contributed by atoms with E-state index in [0.717, 1.165) is 12.8 Å². The van der Waals surface area contributed by atoms with Crippen molar-refractivity contribution in [2.75, 3.05) is 26.3 Å². The average molecular weight is 362 g/mol. The van der Waals surface area contributed by atoms with Crippen LogP contribution in [-0.4, -0.2) is 54.8 Å². The Bertz CT molecular complexity index is 683. The molecule has 1 aromatic rings. The lowest BCUT2D eigenvalue weighted by Gasteiger charge is -2.26. The summed E-state index contributed by atoms with van der Waals surface area (Å²) in [4.78, 5) is 26.6. The molecule has 1 fully saturated rings. The number of carbonyl (C=O) groups is 2. The molecule has 1 N–H and O–H groups in total. The summed E-state index contributed by atoms with van der Waals surface area (Å²) in [5.74, 6) is 1.21. The standard InChI is InChI=1S/C19H26N2O5/c1-19(2,3)26-18(23)20-12-14-5-4-8-21(14)17(22)13-6-7-15-16(11-13)25-10-9-24-15/h6-7,11,14H,4-5,8-10,12H2,1-3H3,(H,20,23)/t14-/m1/s1. The summed E-state index contributed by atoms with van der Waals surface area (Å²) in [5, 5.41) is 2.77. The first-order valence-corrected chi connectivity index (χ1v) is 9.01. The second-order valence-corrected chi connectivity index (χ2v) is 7.54. The molecule has 0 bridgehead atoms. The molecule has 26 heavy (non-hydrogen) atoms. The van der Waals surface area contributed by atoms with E-state index >= 15 is 0 Å².